The third kappa shape index (κ3) is 3.85. The molecule has 0 saturated carbocycles. The Kier molecular flexibility index (Phi) is 4.83. The molecule has 0 aliphatic heterocycles. The zero-order valence-corrected chi connectivity index (χ0v) is 17.4. The fourth-order valence-electron chi connectivity index (χ4n) is 3.45. The van der Waals surface area contributed by atoms with E-state index in [4.69, 9.17) is 11.6 Å². The van der Waals surface area contributed by atoms with Gasteiger partial charge in [0.15, 0.2) is 0 Å². The molecule has 0 unspecified atom stereocenters. The van der Waals surface area contributed by atoms with Crippen LogP contribution in [0.25, 0.3) is 16.6 Å². The van der Waals surface area contributed by atoms with E-state index in [-0.39, 0.29) is 12.2 Å². The topological polar surface area (TPSA) is 83.4 Å². The summed E-state index contributed by atoms with van der Waals surface area (Å²) >= 11 is 6.38. The summed E-state index contributed by atoms with van der Waals surface area (Å²) in [6, 6.07) is 17.3. The standard InChI is InChI=1S/C22H18ClN7O/c1-15-7-8-20-16(9-15)10-17(21(23)25-20)11-29-13-18(26-27-29)12-28-14-24-30(22(28)31)19-5-3-2-4-6-19/h2-10,13-14H,11-12H2,1H3. The average molecular weight is 432 g/mol. The second-order valence-corrected chi connectivity index (χ2v) is 7.69. The van der Waals surface area contributed by atoms with E-state index in [0.717, 1.165) is 22.0 Å². The van der Waals surface area contributed by atoms with Crippen molar-refractivity contribution in [1.29, 1.82) is 0 Å². The first kappa shape index (κ1) is 19.2. The minimum absolute atomic E-state index is 0.238. The summed E-state index contributed by atoms with van der Waals surface area (Å²) < 4.78 is 4.54. The first-order valence-electron chi connectivity index (χ1n) is 9.71. The number of halogens is 1. The number of aryl methyl sites for hydroxylation is 1. The van der Waals surface area contributed by atoms with Gasteiger partial charge in [-0.15, -0.1) is 5.10 Å². The van der Waals surface area contributed by atoms with Crippen molar-refractivity contribution in [3.05, 3.63) is 99.6 Å². The predicted octanol–water partition coefficient (Wildman–Crippen LogP) is 3.23. The van der Waals surface area contributed by atoms with Gasteiger partial charge >= 0.3 is 5.69 Å². The summed E-state index contributed by atoms with van der Waals surface area (Å²) in [6.45, 7) is 2.74. The maximum absolute atomic E-state index is 12.7. The highest BCUT2D eigenvalue weighted by molar-refractivity contribution is 6.30. The molecule has 154 valence electrons. The molecule has 0 aliphatic rings. The third-order valence-corrected chi connectivity index (χ3v) is 5.31. The summed E-state index contributed by atoms with van der Waals surface area (Å²) in [4.78, 5) is 17.1. The number of pyridine rings is 1. The summed E-state index contributed by atoms with van der Waals surface area (Å²) in [5.41, 5.74) is 3.99. The van der Waals surface area contributed by atoms with Crippen LogP contribution in [0, 0.1) is 6.92 Å². The molecule has 3 heterocycles. The van der Waals surface area contributed by atoms with Gasteiger partial charge in [0.2, 0.25) is 0 Å². The largest absolute Gasteiger partial charge is 0.350 e. The zero-order chi connectivity index (χ0) is 21.4. The summed E-state index contributed by atoms with van der Waals surface area (Å²) in [7, 11) is 0. The van der Waals surface area contributed by atoms with E-state index >= 15 is 0 Å². The number of benzene rings is 2. The maximum Gasteiger partial charge on any atom is 0.350 e. The van der Waals surface area contributed by atoms with Gasteiger partial charge in [-0.1, -0.05) is 46.6 Å². The molecule has 31 heavy (non-hydrogen) atoms. The number of aromatic nitrogens is 7. The van der Waals surface area contributed by atoms with Crippen LogP contribution in [-0.2, 0) is 13.1 Å². The van der Waals surface area contributed by atoms with Gasteiger partial charge in [0.1, 0.15) is 17.2 Å². The molecule has 0 N–H and O–H groups in total. The molecule has 9 heteroatoms. The highest BCUT2D eigenvalue weighted by Crippen LogP contribution is 2.22. The number of fused-ring (bicyclic) bond motifs is 1. The Hall–Kier alpha value is -3.78. The van der Waals surface area contributed by atoms with E-state index in [9.17, 15) is 4.79 Å². The van der Waals surface area contributed by atoms with Crippen molar-refractivity contribution in [3.63, 3.8) is 0 Å². The zero-order valence-electron chi connectivity index (χ0n) is 16.7. The average Bonchev–Trinajstić information content (AvgIpc) is 3.36. The molecule has 5 rings (SSSR count). The van der Waals surface area contributed by atoms with Crippen molar-refractivity contribution in [2.45, 2.75) is 20.0 Å². The number of para-hydroxylation sites is 1. The molecule has 8 nitrogen and oxygen atoms in total. The molecule has 0 spiro atoms. The molecule has 3 aromatic heterocycles. The lowest BCUT2D eigenvalue weighted by Gasteiger charge is -2.06. The fourth-order valence-corrected chi connectivity index (χ4v) is 3.66. The van der Waals surface area contributed by atoms with Gasteiger partial charge in [0.05, 0.1) is 30.5 Å². The summed E-state index contributed by atoms with van der Waals surface area (Å²) in [5.74, 6) is 0. The molecular formula is C22H18ClN7O. The Labute approximate surface area is 182 Å². The Morgan fingerprint density at radius 3 is 2.71 bits per heavy atom. The molecule has 0 saturated heterocycles. The lowest BCUT2D eigenvalue weighted by atomic mass is 10.1. The van der Waals surface area contributed by atoms with Crippen LogP contribution in [0.5, 0.6) is 0 Å². The molecule has 5 aromatic rings. The van der Waals surface area contributed by atoms with Crippen LogP contribution in [0.1, 0.15) is 16.8 Å². The molecule has 2 aromatic carbocycles. The second-order valence-electron chi connectivity index (χ2n) is 7.33. The van der Waals surface area contributed by atoms with Crippen molar-refractivity contribution in [3.8, 4) is 5.69 Å². The van der Waals surface area contributed by atoms with E-state index in [0.29, 0.717) is 23.1 Å². The minimum Gasteiger partial charge on any atom is -0.275 e. The van der Waals surface area contributed by atoms with Crippen molar-refractivity contribution < 1.29 is 0 Å². The lowest BCUT2D eigenvalue weighted by Crippen LogP contribution is -2.24. The van der Waals surface area contributed by atoms with Crippen LogP contribution in [-0.4, -0.2) is 34.3 Å². The maximum atomic E-state index is 12.7. The van der Waals surface area contributed by atoms with E-state index in [1.54, 1.807) is 10.9 Å². The molecule has 0 fully saturated rings. The van der Waals surface area contributed by atoms with Gasteiger partial charge < -0.3 is 0 Å². The number of nitrogens with zero attached hydrogens (tertiary/aromatic N) is 7. The number of hydrogen-bond donors (Lipinski definition) is 0. The van der Waals surface area contributed by atoms with Gasteiger partial charge in [-0.3, -0.25) is 4.57 Å². The highest BCUT2D eigenvalue weighted by atomic mass is 35.5. The van der Waals surface area contributed by atoms with Crippen molar-refractivity contribution in [2.24, 2.45) is 0 Å². The van der Waals surface area contributed by atoms with Crippen LogP contribution in [0.15, 0.2) is 71.9 Å². The molecule has 0 bridgehead atoms. The number of rotatable bonds is 5. The van der Waals surface area contributed by atoms with Crippen LogP contribution >= 0.6 is 11.6 Å². The molecule has 0 radical (unpaired) electrons. The summed E-state index contributed by atoms with van der Waals surface area (Å²) in [5, 5.41) is 14.0. The van der Waals surface area contributed by atoms with Gasteiger partial charge in [0.25, 0.3) is 0 Å². The molecular weight excluding hydrogens is 414 g/mol. The van der Waals surface area contributed by atoms with Crippen LogP contribution in [0.2, 0.25) is 5.15 Å². The van der Waals surface area contributed by atoms with E-state index in [1.807, 2.05) is 55.5 Å². The first-order chi connectivity index (χ1) is 15.1. The van der Waals surface area contributed by atoms with E-state index in [2.05, 4.69) is 26.5 Å². The van der Waals surface area contributed by atoms with Crippen LogP contribution in [0.4, 0.5) is 0 Å². The van der Waals surface area contributed by atoms with Gasteiger partial charge in [-0.2, -0.15) is 9.78 Å². The Bertz CT molecular complexity index is 1440. The highest BCUT2D eigenvalue weighted by Gasteiger charge is 2.11. The van der Waals surface area contributed by atoms with E-state index < -0.39 is 0 Å². The normalized spacial score (nSPS) is 11.3. The van der Waals surface area contributed by atoms with Gasteiger partial charge in [0, 0.05) is 10.9 Å². The Morgan fingerprint density at radius 1 is 1.03 bits per heavy atom. The molecule has 0 amide bonds. The minimum atomic E-state index is -0.238. The van der Waals surface area contributed by atoms with Crippen molar-refractivity contribution in [1.82, 2.24) is 34.3 Å². The predicted molar refractivity (Wildman–Crippen MR) is 118 cm³/mol. The van der Waals surface area contributed by atoms with Gasteiger partial charge in [-0.05, 0) is 37.3 Å². The quantitative estimate of drug-likeness (QED) is 0.399. The monoisotopic (exact) mass is 431 g/mol. The smallest absolute Gasteiger partial charge is 0.275 e. The van der Waals surface area contributed by atoms with Gasteiger partial charge in [-0.25, -0.2) is 14.5 Å². The van der Waals surface area contributed by atoms with Crippen LogP contribution < -0.4 is 5.69 Å². The second kappa shape index (κ2) is 7.81. The number of hydrogen-bond acceptors (Lipinski definition) is 5. The summed E-state index contributed by atoms with van der Waals surface area (Å²) in [6.07, 6.45) is 3.30. The third-order valence-electron chi connectivity index (χ3n) is 4.98. The SMILES string of the molecule is Cc1ccc2nc(Cl)c(Cn3cc(Cn4cnn(-c5ccccc5)c4=O)nn3)cc2c1. The van der Waals surface area contributed by atoms with Crippen LogP contribution in [0.3, 0.4) is 0 Å². The molecule has 0 aliphatic carbocycles. The fraction of sp³-hybridized carbons (Fsp3) is 0.136. The first-order valence-corrected chi connectivity index (χ1v) is 10.1. The van der Waals surface area contributed by atoms with Crippen molar-refractivity contribution >= 4 is 22.5 Å². The Morgan fingerprint density at radius 2 is 1.87 bits per heavy atom. The lowest BCUT2D eigenvalue weighted by molar-refractivity contribution is 0.647. The van der Waals surface area contributed by atoms with E-state index in [1.165, 1.54) is 15.6 Å². The Balaban J connectivity index is 1.37. The molecule has 0 atom stereocenters. The van der Waals surface area contributed by atoms with Crippen molar-refractivity contribution in [2.75, 3.05) is 0 Å².